The first kappa shape index (κ1) is 50.2. The van der Waals surface area contributed by atoms with Crippen LogP contribution in [0.1, 0.15) is 174 Å². The molecule has 0 bridgehead atoms. The predicted molar refractivity (Wildman–Crippen MR) is 210 cm³/mol. The number of allylic oxidation sites excluding steroid dienone is 6. The molecule has 0 aromatic rings. The Morgan fingerprint density at radius 1 is 0.577 bits per heavy atom. The van der Waals surface area contributed by atoms with Gasteiger partial charge in [-0.05, 0) is 64.2 Å². The molecule has 0 rings (SSSR count). The topological polar surface area (TPSA) is 149 Å². The highest BCUT2D eigenvalue weighted by atomic mass is 31.2. The Bertz CT molecular complexity index is 967. The Labute approximate surface area is 316 Å². The third-order valence-corrected chi connectivity index (χ3v) is 9.47. The van der Waals surface area contributed by atoms with E-state index < -0.39 is 51.8 Å². The summed E-state index contributed by atoms with van der Waals surface area (Å²) in [6, 6.07) is 0. The minimum absolute atomic E-state index is 0.167. The van der Waals surface area contributed by atoms with Gasteiger partial charge in [-0.3, -0.25) is 18.6 Å². The number of hydrogen-bond donors (Lipinski definition) is 3. The molecule has 0 heterocycles. The van der Waals surface area contributed by atoms with E-state index in [9.17, 15) is 24.2 Å². The number of aliphatic hydroxyl groups is 2. The summed E-state index contributed by atoms with van der Waals surface area (Å²) in [5.74, 6) is -0.947. The highest BCUT2D eigenvalue weighted by molar-refractivity contribution is 7.47. The van der Waals surface area contributed by atoms with E-state index in [0.717, 1.165) is 70.6 Å². The molecule has 10 nitrogen and oxygen atoms in total. The van der Waals surface area contributed by atoms with Crippen LogP contribution in [0.5, 0.6) is 0 Å². The number of esters is 2. The summed E-state index contributed by atoms with van der Waals surface area (Å²) < 4.78 is 32.6. The van der Waals surface area contributed by atoms with E-state index in [1.54, 1.807) is 0 Å². The predicted octanol–water partition coefficient (Wildman–Crippen LogP) is 10.4. The summed E-state index contributed by atoms with van der Waals surface area (Å²) in [6.45, 7) is 2.30. The van der Waals surface area contributed by atoms with Crippen LogP contribution in [0.15, 0.2) is 36.5 Å². The van der Waals surface area contributed by atoms with Crippen LogP contribution in [0.25, 0.3) is 0 Å². The number of phosphoric acid groups is 1. The summed E-state index contributed by atoms with van der Waals surface area (Å²) in [6.07, 6.45) is 36.8. The second kappa shape index (κ2) is 37.5. The van der Waals surface area contributed by atoms with Crippen molar-refractivity contribution >= 4 is 19.8 Å². The SMILES string of the molecule is CCCC/C=C/C/C=C/CCCCCCCC(=O)O[C@H](COC(=O)CCCCCCCCC/C=C/CCCCCC)COP(=O)(O)OC[C@@H](O)CO. The van der Waals surface area contributed by atoms with Crippen molar-refractivity contribution in [2.24, 2.45) is 0 Å². The van der Waals surface area contributed by atoms with Gasteiger partial charge in [0.05, 0.1) is 19.8 Å². The van der Waals surface area contributed by atoms with Crippen molar-refractivity contribution in [1.29, 1.82) is 0 Å². The van der Waals surface area contributed by atoms with Gasteiger partial charge < -0.3 is 24.6 Å². The lowest BCUT2D eigenvalue weighted by Gasteiger charge is -2.20. The number of ether oxygens (including phenoxy) is 2. The largest absolute Gasteiger partial charge is 0.472 e. The van der Waals surface area contributed by atoms with Crippen LogP contribution in [0.2, 0.25) is 0 Å². The molecule has 0 radical (unpaired) electrons. The van der Waals surface area contributed by atoms with Crippen molar-refractivity contribution in [1.82, 2.24) is 0 Å². The fraction of sp³-hybridized carbons (Fsp3) is 0.805. The van der Waals surface area contributed by atoms with E-state index in [0.29, 0.717) is 12.8 Å². The smallest absolute Gasteiger partial charge is 0.462 e. The Morgan fingerprint density at radius 2 is 1.02 bits per heavy atom. The number of hydrogen-bond acceptors (Lipinski definition) is 9. The van der Waals surface area contributed by atoms with Crippen LogP contribution in [-0.2, 0) is 32.7 Å². The molecule has 0 saturated heterocycles. The van der Waals surface area contributed by atoms with E-state index in [1.807, 2.05) is 0 Å². The quantitative estimate of drug-likeness (QED) is 0.0240. The maximum Gasteiger partial charge on any atom is 0.472 e. The van der Waals surface area contributed by atoms with Gasteiger partial charge in [0.25, 0.3) is 0 Å². The summed E-state index contributed by atoms with van der Waals surface area (Å²) in [5, 5.41) is 18.3. The van der Waals surface area contributed by atoms with Gasteiger partial charge in [-0.1, -0.05) is 134 Å². The molecule has 304 valence electrons. The first-order valence-corrected chi connectivity index (χ1v) is 21.9. The van der Waals surface area contributed by atoms with Crippen LogP contribution in [0.3, 0.4) is 0 Å². The van der Waals surface area contributed by atoms with Gasteiger partial charge in [-0.25, -0.2) is 4.57 Å². The molecular formula is C41H75O10P. The summed E-state index contributed by atoms with van der Waals surface area (Å²) in [5.41, 5.74) is 0. The Kier molecular flexibility index (Phi) is 36.2. The van der Waals surface area contributed by atoms with Crippen molar-refractivity contribution in [2.75, 3.05) is 26.4 Å². The molecule has 0 amide bonds. The highest BCUT2D eigenvalue weighted by Crippen LogP contribution is 2.43. The van der Waals surface area contributed by atoms with Gasteiger partial charge in [-0.2, -0.15) is 0 Å². The molecular weight excluding hydrogens is 683 g/mol. The molecule has 1 unspecified atom stereocenters. The molecule has 0 saturated carbocycles. The molecule has 0 aliphatic carbocycles. The highest BCUT2D eigenvalue weighted by Gasteiger charge is 2.27. The van der Waals surface area contributed by atoms with Crippen molar-refractivity contribution in [3.05, 3.63) is 36.5 Å². The lowest BCUT2D eigenvalue weighted by Crippen LogP contribution is -2.29. The normalized spacial score (nSPS) is 14.3. The lowest BCUT2D eigenvalue weighted by atomic mass is 10.1. The fourth-order valence-electron chi connectivity index (χ4n) is 5.30. The van der Waals surface area contributed by atoms with E-state index >= 15 is 0 Å². The van der Waals surface area contributed by atoms with Gasteiger partial charge in [0, 0.05) is 12.8 Å². The van der Waals surface area contributed by atoms with Crippen LogP contribution in [-0.4, -0.2) is 65.7 Å². The minimum atomic E-state index is -4.62. The fourth-order valence-corrected chi connectivity index (χ4v) is 6.09. The molecule has 0 aromatic heterocycles. The van der Waals surface area contributed by atoms with Crippen molar-refractivity contribution in [2.45, 2.75) is 187 Å². The number of carbonyl (C=O) groups excluding carboxylic acids is 2. The molecule has 52 heavy (non-hydrogen) atoms. The van der Waals surface area contributed by atoms with Gasteiger partial charge in [-0.15, -0.1) is 0 Å². The average molecular weight is 759 g/mol. The van der Waals surface area contributed by atoms with Gasteiger partial charge in [0.2, 0.25) is 0 Å². The maximum atomic E-state index is 12.6. The summed E-state index contributed by atoms with van der Waals surface area (Å²) in [4.78, 5) is 34.9. The van der Waals surface area contributed by atoms with Crippen LogP contribution in [0.4, 0.5) is 0 Å². The van der Waals surface area contributed by atoms with E-state index in [4.69, 9.17) is 19.1 Å². The molecule has 0 aliphatic rings. The Hall–Kier alpha value is -1.81. The molecule has 3 N–H and O–H groups in total. The zero-order valence-electron chi connectivity index (χ0n) is 32.8. The number of carbonyl (C=O) groups is 2. The molecule has 11 heteroatoms. The third kappa shape index (κ3) is 36.5. The first-order chi connectivity index (χ1) is 25.2. The van der Waals surface area contributed by atoms with Crippen LogP contribution in [0, 0.1) is 0 Å². The minimum Gasteiger partial charge on any atom is -0.462 e. The molecule has 0 aliphatic heterocycles. The number of rotatable bonds is 38. The van der Waals surface area contributed by atoms with Gasteiger partial charge in [0.1, 0.15) is 12.7 Å². The van der Waals surface area contributed by atoms with E-state index in [2.05, 4.69) is 54.8 Å². The Morgan fingerprint density at radius 3 is 1.56 bits per heavy atom. The zero-order chi connectivity index (χ0) is 38.4. The van der Waals surface area contributed by atoms with E-state index in [-0.39, 0.29) is 19.4 Å². The van der Waals surface area contributed by atoms with Gasteiger partial charge in [0.15, 0.2) is 6.10 Å². The van der Waals surface area contributed by atoms with Crippen LogP contribution >= 0.6 is 7.82 Å². The first-order valence-electron chi connectivity index (χ1n) is 20.4. The zero-order valence-corrected chi connectivity index (χ0v) is 33.7. The van der Waals surface area contributed by atoms with Crippen molar-refractivity contribution in [3.8, 4) is 0 Å². The molecule has 0 aromatic carbocycles. The number of aliphatic hydroxyl groups excluding tert-OH is 2. The second-order valence-electron chi connectivity index (χ2n) is 13.7. The number of phosphoric ester groups is 1. The molecule has 0 fully saturated rings. The van der Waals surface area contributed by atoms with E-state index in [1.165, 1.54) is 64.2 Å². The van der Waals surface area contributed by atoms with Crippen LogP contribution < -0.4 is 0 Å². The standard InChI is InChI=1S/C41H75O10P/c1-3-5-7-9-11-13-15-17-19-21-22-24-26-28-30-32-40(44)48-36-39(37-50-52(46,47)49-35-38(43)34-42)51-41(45)33-31-29-27-25-23-20-18-16-14-12-10-8-6-4-2/h10,12-13,15-16,18,38-39,42-43H,3-9,11,14,17,19-37H2,1-2H3,(H,46,47)/b12-10+,15-13+,18-16+/t38-,39+/m0/s1. The maximum absolute atomic E-state index is 12.6. The Balaban J connectivity index is 4.36. The summed E-state index contributed by atoms with van der Waals surface area (Å²) >= 11 is 0. The second-order valence-corrected chi connectivity index (χ2v) is 15.1. The monoisotopic (exact) mass is 759 g/mol. The number of unbranched alkanes of at least 4 members (excludes halogenated alkanes) is 18. The lowest BCUT2D eigenvalue weighted by molar-refractivity contribution is -0.161. The van der Waals surface area contributed by atoms with Crippen molar-refractivity contribution < 1.29 is 47.8 Å². The van der Waals surface area contributed by atoms with Gasteiger partial charge >= 0.3 is 19.8 Å². The van der Waals surface area contributed by atoms with Crippen molar-refractivity contribution in [3.63, 3.8) is 0 Å². The summed E-state index contributed by atoms with van der Waals surface area (Å²) in [7, 11) is -4.62. The average Bonchev–Trinajstić information content (AvgIpc) is 3.13. The third-order valence-electron chi connectivity index (χ3n) is 8.52. The molecule has 0 spiro atoms. The molecule has 3 atom stereocenters.